The van der Waals surface area contributed by atoms with Crippen molar-refractivity contribution < 1.29 is 0 Å². The van der Waals surface area contributed by atoms with E-state index < -0.39 is 0 Å². The van der Waals surface area contributed by atoms with Crippen LogP contribution in [0.15, 0.2) is 24.3 Å². The molecule has 0 aliphatic carbocycles. The number of hydrogen-bond donors (Lipinski definition) is 0. The van der Waals surface area contributed by atoms with Crippen LogP contribution in [-0.2, 0) is 0 Å². The molecule has 5 heteroatoms. The van der Waals surface area contributed by atoms with E-state index in [9.17, 15) is 5.26 Å². The second-order valence-corrected chi connectivity index (χ2v) is 6.04. The van der Waals surface area contributed by atoms with Gasteiger partial charge in [-0.2, -0.15) is 14.9 Å². The number of fused-ring (bicyclic) bond motifs is 1. The standard InChI is InChI=1S/C15H14N4S/c1-9(2)13-12(8-16)19-15(17-13)20-14(18-19)11-6-4-5-10(3)7-11/h4-7,9H,1-3H3. The zero-order valence-corrected chi connectivity index (χ0v) is 12.4. The van der Waals surface area contributed by atoms with Crippen LogP contribution in [0.25, 0.3) is 15.5 Å². The number of aromatic nitrogens is 3. The van der Waals surface area contributed by atoms with Crippen LogP contribution in [0.1, 0.15) is 36.7 Å². The van der Waals surface area contributed by atoms with Crippen LogP contribution in [0.3, 0.4) is 0 Å². The molecule has 0 radical (unpaired) electrons. The van der Waals surface area contributed by atoms with E-state index in [1.165, 1.54) is 16.9 Å². The van der Waals surface area contributed by atoms with E-state index in [2.05, 4.69) is 35.2 Å². The molecule has 100 valence electrons. The predicted molar refractivity (Wildman–Crippen MR) is 79.8 cm³/mol. The van der Waals surface area contributed by atoms with Crippen molar-refractivity contribution in [1.29, 1.82) is 5.26 Å². The molecular formula is C15H14N4S. The van der Waals surface area contributed by atoms with Gasteiger partial charge in [-0.25, -0.2) is 4.98 Å². The second-order valence-electron chi connectivity index (χ2n) is 5.08. The first-order valence-electron chi connectivity index (χ1n) is 6.46. The van der Waals surface area contributed by atoms with Crippen molar-refractivity contribution in [2.75, 3.05) is 0 Å². The molecule has 0 bridgehead atoms. The molecule has 1 aromatic carbocycles. The number of hydrogen-bond acceptors (Lipinski definition) is 4. The van der Waals surface area contributed by atoms with Crippen molar-refractivity contribution in [3.8, 4) is 16.6 Å². The fourth-order valence-electron chi connectivity index (χ4n) is 2.17. The SMILES string of the molecule is Cc1cccc(-c2nn3c(C#N)c(C(C)C)nc3s2)c1. The second kappa shape index (κ2) is 4.73. The molecule has 0 saturated carbocycles. The fraction of sp³-hybridized carbons (Fsp3) is 0.267. The molecular weight excluding hydrogens is 268 g/mol. The molecule has 0 amide bonds. The smallest absolute Gasteiger partial charge is 0.213 e. The summed E-state index contributed by atoms with van der Waals surface area (Å²) in [5.74, 6) is 0.223. The summed E-state index contributed by atoms with van der Waals surface area (Å²) in [4.78, 5) is 5.33. The molecule has 3 rings (SSSR count). The van der Waals surface area contributed by atoms with Gasteiger partial charge in [-0.05, 0) is 18.9 Å². The molecule has 0 atom stereocenters. The molecule has 4 nitrogen and oxygen atoms in total. The summed E-state index contributed by atoms with van der Waals surface area (Å²) in [6.45, 7) is 6.13. The van der Waals surface area contributed by atoms with Crippen LogP contribution in [0.2, 0.25) is 0 Å². The number of nitrogens with zero attached hydrogens (tertiary/aromatic N) is 4. The number of benzene rings is 1. The lowest BCUT2D eigenvalue weighted by molar-refractivity contribution is 0.822. The Bertz CT molecular complexity index is 820. The van der Waals surface area contributed by atoms with Crippen LogP contribution in [0.5, 0.6) is 0 Å². The van der Waals surface area contributed by atoms with Crippen LogP contribution in [-0.4, -0.2) is 14.6 Å². The minimum absolute atomic E-state index is 0.223. The summed E-state index contributed by atoms with van der Waals surface area (Å²) in [5.41, 5.74) is 3.63. The highest BCUT2D eigenvalue weighted by atomic mass is 32.1. The van der Waals surface area contributed by atoms with Crippen molar-refractivity contribution in [1.82, 2.24) is 14.6 Å². The molecule has 0 N–H and O–H groups in total. The van der Waals surface area contributed by atoms with Crippen LogP contribution in [0.4, 0.5) is 0 Å². The van der Waals surface area contributed by atoms with Gasteiger partial charge in [0.2, 0.25) is 4.96 Å². The maximum absolute atomic E-state index is 9.33. The van der Waals surface area contributed by atoms with E-state index in [4.69, 9.17) is 0 Å². The molecule has 20 heavy (non-hydrogen) atoms. The maximum atomic E-state index is 9.33. The Kier molecular flexibility index (Phi) is 3.03. The highest BCUT2D eigenvalue weighted by molar-refractivity contribution is 7.19. The van der Waals surface area contributed by atoms with E-state index in [1.807, 2.05) is 26.0 Å². The molecule has 0 unspecified atom stereocenters. The Balaban J connectivity index is 2.18. The van der Waals surface area contributed by atoms with Gasteiger partial charge in [0.05, 0.1) is 5.69 Å². The lowest BCUT2D eigenvalue weighted by Gasteiger charge is -1.99. The van der Waals surface area contributed by atoms with Gasteiger partial charge in [0, 0.05) is 5.56 Å². The highest BCUT2D eigenvalue weighted by Gasteiger charge is 2.18. The minimum atomic E-state index is 0.223. The molecule has 0 saturated heterocycles. The summed E-state index contributed by atoms with van der Waals surface area (Å²) in [7, 11) is 0. The normalized spacial score (nSPS) is 11.2. The number of rotatable bonds is 2. The minimum Gasteiger partial charge on any atom is -0.221 e. The van der Waals surface area contributed by atoms with Crippen molar-refractivity contribution in [3.05, 3.63) is 41.2 Å². The molecule has 2 aromatic heterocycles. The molecule has 0 aliphatic rings. The first-order valence-corrected chi connectivity index (χ1v) is 7.28. The Morgan fingerprint density at radius 2 is 2.15 bits per heavy atom. The zero-order valence-electron chi connectivity index (χ0n) is 11.6. The summed E-state index contributed by atoms with van der Waals surface area (Å²) in [6.07, 6.45) is 0. The third-order valence-corrected chi connectivity index (χ3v) is 4.11. The molecule has 3 aromatic rings. The summed E-state index contributed by atoms with van der Waals surface area (Å²) in [5, 5.41) is 14.8. The third kappa shape index (κ3) is 1.98. The van der Waals surface area contributed by atoms with E-state index in [0.29, 0.717) is 5.69 Å². The van der Waals surface area contributed by atoms with Gasteiger partial charge in [-0.3, -0.25) is 0 Å². The molecule has 0 fully saturated rings. The number of aryl methyl sites for hydroxylation is 1. The quantitative estimate of drug-likeness (QED) is 0.719. The average Bonchev–Trinajstić information content (AvgIpc) is 2.95. The lowest BCUT2D eigenvalue weighted by atomic mass is 10.1. The largest absolute Gasteiger partial charge is 0.221 e. The van der Waals surface area contributed by atoms with E-state index >= 15 is 0 Å². The van der Waals surface area contributed by atoms with Crippen molar-refractivity contribution in [2.45, 2.75) is 26.7 Å². The first kappa shape index (κ1) is 12.8. The van der Waals surface area contributed by atoms with Gasteiger partial charge in [-0.1, -0.05) is 48.9 Å². The topological polar surface area (TPSA) is 54.0 Å². The van der Waals surface area contributed by atoms with Crippen molar-refractivity contribution >= 4 is 16.3 Å². The summed E-state index contributed by atoms with van der Waals surface area (Å²) in [6, 6.07) is 10.4. The maximum Gasteiger partial charge on any atom is 0.213 e. The van der Waals surface area contributed by atoms with Crippen LogP contribution >= 0.6 is 11.3 Å². The molecule has 0 aliphatic heterocycles. The average molecular weight is 282 g/mol. The Labute approximate surface area is 121 Å². The number of imidazole rings is 1. The van der Waals surface area contributed by atoms with Gasteiger partial charge in [-0.15, -0.1) is 0 Å². The summed E-state index contributed by atoms with van der Waals surface area (Å²) < 4.78 is 1.66. The van der Waals surface area contributed by atoms with Crippen LogP contribution in [0, 0.1) is 18.3 Å². The monoisotopic (exact) mass is 282 g/mol. The van der Waals surface area contributed by atoms with Gasteiger partial charge in [0.25, 0.3) is 0 Å². The van der Waals surface area contributed by atoms with E-state index in [1.54, 1.807) is 4.52 Å². The van der Waals surface area contributed by atoms with Crippen molar-refractivity contribution in [2.24, 2.45) is 0 Å². The van der Waals surface area contributed by atoms with E-state index in [0.717, 1.165) is 21.2 Å². The highest BCUT2D eigenvalue weighted by Crippen LogP contribution is 2.29. The van der Waals surface area contributed by atoms with Crippen molar-refractivity contribution in [3.63, 3.8) is 0 Å². The number of nitriles is 1. The van der Waals surface area contributed by atoms with Gasteiger partial charge < -0.3 is 0 Å². The summed E-state index contributed by atoms with van der Waals surface area (Å²) >= 11 is 1.52. The zero-order chi connectivity index (χ0) is 14.3. The Hall–Kier alpha value is -2.19. The van der Waals surface area contributed by atoms with E-state index in [-0.39, 0.29) is 5.92 Å². The fourth-order valence-corrected chi connectivity index (χ4v) is 3.07. The first-order chi connectivity index (χ1) is 9.60. The Morgan fingerprint density at radius 1 is 1.35 bits per heavy atom. The van der Waals surface area contributed by atoms with Gasteiger partial charge in [0.15, 0.2) is 5.69 Å². The van der Waals surface area contributed by atoms with Crippen LogP contribution < -0.4 is 0 Å². The lowest BCUT2D eigenvalue weighted by Crippen LogP contribution is -1.95. The Morgan fingerprint density at radius 3 is 2.80 bits per heavy atom. The van der Waals surface area contributed by atoms with Gasteiger partial charge >= 0.3 is 0 Å². The third-order valence-electron chi connectivity index (χ3n) is 3.15. The molecule has 2 heterocycles. The molecule has 0 spiro atoms. The predicted octanol–water partition coefficient (Wildman–Crippen LogP) is 3.76. The van der Waals surface area contributed by atoms with Gasteiger partial charge in [0.1, 0.15) is 11.1 Å².